The number of piperidine rings is 2. The number of aryl methyl sites for hydroxylation is 1. The molecule has 4 saturated heterocycles. The fourth-order valence-electron chi connectivity index (χ4n) is 6.49. The van der Waals surface area contributed by atoms with Crippen LogP contribution in [0.5, 0.6) is 5.88 Å². The van der Waals surface area contributed by atoms with Gasteiger partial charge in [0.05, 0.1) is 19.8 Å². The smallest absolute Gasteiger partial charge is 0.236 e. The predicted molar refractivity (Wildman–Crippen MR) is 144 cm³/mol. The number of carbonyl (C=O) groups is 1. The molecule has 0 radical (unpaired) electrons. The number of rotatable bonds is 8. The molecule has 4 fully saturated rings. The minimum absolute atomic E-state index is 0.000672. The van der Waals surface area contributed by atoms with Crippen LogP contribution in [-0.4, -0.2) is 100.0 Å². The van der Waals surface area contributed by atoms with Gasteiger partial charge in [-0.05, 0) is 45.4 Å². The third-order valence-electron chi connectivity index (χ3n) is 8.57. The molecule has 206 valence electrons. The molecule has 2 aromatic heterocycles. The van der Waals surface area contributed by atoms with Crippen LogP contribution < -0.4 is 15.0 Å². The van der Waals surface area contributed by atoms with Crippen molar-refractivity contribution in [3.8, 4) is 5.88 Å². The van der Waals surface area contributed by atoms with E-state index in [2.05, 4.69) is 37.3 Å². The summed E-state index contributed by atoms with van der Waals surface area (Å²) in [5.41, 5.74) is 0.972. The number of hydrogen-bond donors (Lipinski definition) is 2. The third kappa shape index (κ3) is 5.58. The summed E-state index contributed by atoms with van der Waals surface area (Å²) in [4.78, 5) is 29.4. The molecular formula is C27H40N8O3. The summed E-state index contributed by atoms with van der Waals surface area (Å²) in [5.74, 6) is 2.84. The Bertz CT molecular complexity index is 1100. The van der Waals surface area contributed by atoms with Crippen LogP contribution in [0.15, 0.2) is 12.1 Å². The van der Waals surface area contributed by atoms with Gasteiger partial charge in [0.15, 0.2) is 5.82 Å². The number of nitrogens with one attached hydrogen (secondary N) is 2. The molecular weight excluding hydrogens is 484 g/mol. The van der Waals surface area contributed by atoms with Crippen molar-refractivity contribution in [2.45, 2.75) is 82.5 Å². The average Bonchev–Trinajstić information content (AvgIpc) is 3.67. The van der Waals surface area contributed by atoms with Crippen molar-refractivity contribution in [3.63, 3.8) is 0 Å². The average molecular weight is 525 g/mol. The van der Waals surface area contributed by atoms with Crippen LogP contribution in [0.3, 0.4) is 0 Å². The Morgan fingerprint density at radius 2 is 1.92 bits per heavy atom. The molecule has 4 atom stereocenters. The van der Waals surface area contributed by atoms with Crippen LogP contribution in [0.25, 0.3) is 0 Å². The molecule has 4 aliphatic heterocycles. The predicted octanol–water partition coefficient (Wildman–Crippen LogP) is 2.86. The number of nitrogens with zero attached hydrogens (tertiary/aromatic N) is 6. The van der Waals surface area contributed by atoms with Crippen molar-refractivity contribution in [1.29, 1.82) is 0 Å². The maximum Gasteiger partial charge on any atom is 0.236 e. The van der Waals surface area contributed by atoms with Gasteiger partial charge in [0.1, 0.15) is 11.9 Å². The van der Waals surface area contributed by atoms with Crippen molar-refractivity contribution in [3.05, 3.63) is 17.8 Å². The normalized spacial score (nSPS) is 27.5. The molecule has 0 aliphatic carbocycles. The van der Waals surface area contributed by atoms with E-state index in [1.54, 1.807) is 0 Å². The van der Waals surface area contributed by atoms with Crippen molar-refractivity contribution < 1.29 is 14.3 Å². The summed E-state index contributed by atoms with van der Waals surface area (Å²) in [6, 6.07) is 4.91. The molecule has 6 rings (SSSR count). The monoisotopic (exact) mass is 524 g/mol. The molecule has 0 spiro atoms. The van der Waals surface area contributed by atoms with Crippen LogP contribution >= 0.6 is 0 Å². The molecule has 2 N–H and O–H groups in total. The lowest BCUT2D eigenvalue weighted by Crippen LogP contribution is -2.58. The van der Waals surface area contributed by atoms with Crippen LogP contribution in [0.4, 0.5) is 17.6 Å². The number of amides is 1. The van der Waals surface area contributed by atoms with Crippen molar-refractivity contribution >= 4 is 23.5 Å². The highest BCUT2D eigenvalue weighted by molar-refractivity contribution is 5.78. The largest absolute Gasteiger partial charge is 0.472 e. The van der Waals surface area contributed by atoms with Gasteiger partial charge in [-0.15, -0.1) is 0 Å². The van der Waals surface area contributed by atoms with E-state index < -0.39 is 0 Å². The van der Waals surface area contributed by atoms with Gasteiger partial charge in [0, 0.05) is 62.5 Å². The first-order valence-electron chi connectivity index (χ1n) is 14.2. The molecule has 2 aromatic rings. The first-order chi connectivity index (χ1) is 18.5. The van der Waals surface area contributed by atoms with E-state index in [-0.39, 0.29) is 6.10 Å². The third-order valence-corrected chi connectivity index (χ3v) is 8.57. The Morgan fingerprint density at radius 1 is 1.13 bits per heavy atom. The van der Waals surface area contributed by atoms with E-state index in [0.29, 0.717) is 67.3 Å². The Kier molecular flexibility index (Phi) is 7.38. The number of aromatic amines is 1. The topological polar surface area (TPSA) is 112 Å². The van der Waals surface area contributed by atoms with E-state index >= 15 is 0 Å². The Balaban J connectivity index is 1.19. The van der Waals surface area contributed by atoms with Gasteiger partial charge in [0.25, 0.3) is 0 Å². The number of fused-ring (bicyclic) bond motifs is 2. The molecule has 0 saturated carbocycles. The quantitative estimate of drug-likeness (QED) is 0.538. The summed E-state index contributed by atoms with van der Waals surface area (Å²) >= 11 is 0. The maximum atomic E-state index is 13.0. The molecule has 4 aliphatic rings. The number of ether oxygens (including phenoxy) is 2. The lowest BCUT2D eigenvalue weighted by atomic mass is 9.81. The standard InChI is InChI=1S/C27H40N8O3/c1-18-12-24(32-31-18)28-23-15-25(38-22-8-11-37-17-22)30-27(29-23)33(2)21-13-19-6-5-7-20(14-21)35(19)16-26(36)34-9-3-4-10-34/h12,15,19-22H,3-11,13-14,16-17H2,1-2H3,(H2,28,29,30,31,32)/t19-,20+,21?,22-/m1/s1. The second-order valence-electron chi connectivity index (χ2n) is 11.3. The molecule has 2 bridgehead atoms. The van der Waals surface area contributed by atoms with Gasteiger partial charge in [-0.2, -0.15) is 15.1 Å². The summed E-state index contributed by atoms with van der Waals surface area (Å²) in [5, 5.41) is 10.6. The summed E-state index contributed by atoms with van der Waals surface area (Å²) in [7, 11) is 2.09. The highest BCUT2D eigenvalue weighted by Gasteiger charge is 2.41. The van der Waals surface area contributed by atoms with Crippen LogP contribution in [0, 0.1) is 6.92 Å². The Morgan fingerprint density at radius 3 is 2.61 bits per heavy atom. The second kappa shape index (κ2) is 11.1. The summed E-state index contributed by atoms with van der Waals surface area (Å²) in [6.07, 6.45) is 8.67. The minimum Gasteiger partial charge on any atom is -0.472 e. The lowest BCUT2D eigenvalue weighted by molar-refractivity contribution is -0.134. The van der Waals surface area contributed by atoms with Crippen LogP contribution in [-0.2, 0) is 9.53 Å². The molecule has 6 heterocycles. The first-order valence-corrected chi connectivity index (χ1v) is 14.2. The van der Waals surface area contributed by atoms with Crippen molar-refractivity contribution in [2.24, 2.45) is 0 Å². The van der Waals surface area contributed by atoms with Crippen LogP contribution in [0.1, 0.15) is 57.1 Å². The fraction of sp³-hybridized carbons (Fsp3) is 0.704. The number of aromatic nitrogens is 4. The highest BCUT2D eigenvalue weighted by atomic mass is 16.5. The zero-order valence-electron chi connectivity index (χ0n) is 22.6. The van der Waals surface area contributed by atoms with E-state index in [9.17, 15) is 4.79 Å². The fourth-order valence-corrected chi connectivity index (χ4v) is 6.49. The van der Waals surface area contributed by atoms with E-state index in [0.717, 1.165) is 63.7 Å². The van der Waals surface area contributed by atoms with Gasteiger partial charge >= 0.3 is 0 Å². The number of carbonyl (C=O) groups excluding carboxylic acids is 1. The van der Waals surface area contributed by atoms with Crippen LogP contribution in [0.2, 0.25) is 0 Å². The van der Waals surface area contributed by atoms with E-state index in [1.807, 2.05) is 19.1 Å². The number of H-pyrrole nitrogens is 1. The number of hydrogen-bond acceptors (Lipinski definition) is 9. The van der Waals surface area contributed by atoms with Gasteiger partial charge in [-0.1, -0.05) is 6.42 Å². The molecule has 1 unspecified atom stereocenters. The Hall–Kier alpha value is -2.92. The van der Waals surface area contributed by atoms with Gasteiger partial charge in [-0.3, -0.25) is 14.8 Å². The Labute approximate surface area is 224 Å². The van der Waals surface area contributed by atoms with Gasteiger partial charge < -0.3 is 24.6 Å². The van der Waals surface area contributed by atoms with Crippen molar-refractivity contribution in [1.82, 2.24) is 30.0 Å². The minimum atomic E-state index is -0.000672. The zero-order chi connectivity index (χ0) is 26.1. The van der Waals surface area contributed by atoms with Gasteiger partial charge in [-0.25, -0.2) is 0 Å². The molecule has 11 nitrogen and oxygen atoms in total. The molecule has 11 heteroatoms. The van der Waals surface area contributed by atoms with Gasteiger partial charge in [0.2, 0.25) is 17.7 Å². The number of anilines is 3. The molecule has 0 aromatic carbocycles. The highest BCUT2D eigenvalue weighted by Crippen LogP contribution is 2.37. The number of likely N-dealkylation sites (tertiary alicyclic amines) is 1. The van der Waals surface area contributed by atoms with E-state index in [4.69, 9.17) is 19.4 Å². The second-order valence-corrected chi connectivity index (χ2v) is 11.3. The lowest BCUT2D eigenvalue weighted by Gasteiger charge is -2.50. The maximum absolute atomic E-state index is 13.0. The van der Waals surface area contributed by atoms with E-state index in [1.165, 1.54) is 6.42 Å². The SMILES string of the molecule is Cc1cc(Nc2cc(O[C@@H]3CCOC3)nc(N(C)C3C[C@H]4CCC[C@@H](C3)N4CC(=O)N3CCCC3)n2)n[nH]1. The zero-order valence-corrected chi connectivity index (χ0v) is 22.6. The molecule has 1 amide bonds. The summed E-state index contributed by atoms with van der Waals surface area (Å²) < 4.78 is 11.7. The molecule has 38 heavy (non-hydrogen) atoms. The first kappa shape index (κ1) is 25.4. The van der Waals surface area contributed by atoms with Crippen molar-refractivity contribution in [2.75, 3.05) is 50.1 Å². The summed E-state index contributed by atoms with van der Waals surface area (Å²) in [6.45, 7) is 5.66.